The summed E-state index contributed by atoms with van der Waals surface area (Å²) in [5, 5.41) is 9.52. The first-order valence-corrected chi connectivity index (χ1v) is 7.14. The summed E-state index contributed by atoms with van der Waals surface area (Å²) in [7, 11) is 1.72. The molecule has 0 unspecified atom stereocenters. The van der Waals surface area contributed by atoms with Crippen LogP contribution in [0.3, 0.4) is 0 Å². The fourth-order valence-electron chi connectivity index (χ4n) is 2.66. The Labute approximate surface area is 130 Å². The van der Waals surface area contributed by atoms with Gasteiger partial charge in [-0.15, -0.1) is 5.10 Å². The Balaban J connectivity index is 2.19. The molecular weight excluding hydrogens is 300 g/mol. The van der Waals surface area contributed by atoms with Crippen LogP contribution in [0.5, 0.6) is 0 Å². The molecule has 0 atom stereocenters. The molecule has 0 N–H and O–H groups in total. The van der Waals surface area contributed by atoms with Crippen molar-refractivity contribution in [1.29, 1.82) is 0 Å². The average molecular weight is 311 g/mol. The van der Waals surface area contributed by atoms with E-state index in [1.54, 1.807) is 34.3 Å². The smallest absolute Gasteiger partial charge is 0.261 e. The standard InChI is InChI=1S/C16H11ClN4O/c1-20-15-14(10-5-3-2-4-6-10)18-19-21(15)13-8-7-11(17)9-12(13)16(20)22/h2-9H,1H3. The molecule has 0 amide bonds. The normalized spacial score (nSPS) is 11.4. The van der Waals surface area contributed by atoms with Crippen LogP contribution in [0.2, 0.25) is 5.02 Å². The van der Waals surface area contributed by atoms with Crippen LogP contribution in [0.4, 0.5) is 0 Å². The van der Waals surface area contributed by atoms with Gasteiger partial charge < -0.3 is 0 Å². The summed E-state index contributed by atoms with van der Waals surface area (Å²) in [5.41, 5.74) is 2.82. The molecule has 0 spiro atoms. The van der Waals surface area contributed by atoms with Gasteiger partial charge in [0, 0.05) is 17.6 Å². The second-order valence-electron chi connectivity index (χ2n) is 5.07. The van der Waals surface area contributed by atoms with E-state index in [2.05, 4.69) is 10.3 Å². The van der Waals surface area contributed by atoms with E-state index in [4.69, 9.17) is 11.6 Å². The summed E-state index contributed by atoms with van der Waals surface area (Å²) in [6.07, 6.45) is 0. The Morgan fingerprint density at radius 2 is 1.86 bits per heavy atom. The van der Waals surface area contributed by atoms with Crippen molar-refractivity contribution in [3.63, 3.8) is 0 Å². The molecular formula is C16H11ClN4O. The number of hydrogen-bond acceptors (Lipinski definition) is 3. The first-order valence-electron chi connectivity index (χ1n) is 6.76. The van der Waals surface area contributed by atoms with Crippen molar-refractivity contribution >= 4 is 28.2 Å². The highest BCUT2D eigenvalue weighted by atomic mass is 35.5. The Morgan fingerprint density at radius 3 is 2.64 bits per heavy atom. The van der Waals surface area contributed by atoms with Gasteiger partial charge in [-0.25, -0.2) is 0 Å². The van der Waals surface area contributed by atoms with Crippen molar-refractivity contribution in [1.82, 2.24) is 19.4 Å². The third-order valence-corrected chi connectivity index (χ3v) is 3.97. The van der Waals surface area contributed by atoms with Crippen LogP contribution in [0.15, 0.2) is 53.3 Å². The molecule has 0 saturated heterocycles. The fraction of sp³-hybridized carbons (Fsp3) is 0.0625. The van der Waals surface area contributed by atoms with Crippen LogP contribution in [-0.4, -0.2) is 19.4 Å². The molecule has 0 saturated carbocycles. The van der Waals surface area contributed by atoms with Crippen LogP contribution in [0, 0.1) is 0 Å². The highest BCUT2D eigenvalue weighted by Gasteiger charge is 2.16. The van der Waals surface area contributed by atoms with Gasteiger partial charge in [-0.1, -0.05) is 47.1 Å². The largest absolute Gasteiger partial charge is 0.294 e. The van der Waals surface area contributed by atoms with Crippen LogP contribution in [-0.2, 0) is 7.05 Å². The number of benzene rings is 2. The lowest BCUT2D eigenvalue weighted by molar-refractivity contribution is 0.823. The lowest BCUT2D eigenvalue weighted by atomic mass is 10.1. The van der Waals surface area contributed by atoms with Crippen molar-refractivity contribution < 1.29 is 0 Å². The van der Waals surface area contributed by atoms with Crippen LogP contribution >= 0.6 is 11.6 Å². The Morgan fingerprint density at radius 1 is 1.09 bits per heavy atom. The topological polar surface area (TPSA) is 52.2 Å². The van der Waals surface area contributed by atoms with Gasteiger partial charge >= 0.3 is 0 Å². The average Bonchev–Trinajstić information content (AvgIpc) is 2.98. The lowest BCUT2D eigenvalue weighted by Crippen LogP contribution is -2.20. The first kappa shape index (κ1) is 13.0. The van der Waals surface area contributed by atoms with E-state index in [-0.39, 0.29) is 5.56 Å². The molecule has 4 rings (SSSR count). The summed E-state index contributed by atoms with van der Waals surface area (Å²) in [4.78, 5) is 12.6. The van der Waals surface area contributed by atoms with Crippen LogP contribution < -0.4 is 5.56 Å². The monoisotopic (exact) mass is 310 g/mol. The first-order chi connectivity index (χ1) is 10.7. The van der Waals surface area contributed by atoms with Crippen molar-refractivity contribution in [3.8, 4) is 11.3 Å². The molecule has 2 aromatic heterocycles. The van der Waals surface area contributed by atoms with Gasteiger partial charge in [0.1, 0.15) is 5.69 Å². The molecule has 2 aromatic carbocycles. The number of fused-ring (bicyclic) bond motifs is 3. The van der Waals surface area contributed by atoms with Crippen molar-refractivity contribution in [2.24, 2.45) is 7.05 Å². The fourth-order valence-corrected chi connectivity index (χ4v) is 2.84. The van der Waals surface area contributed by atoms with E-state index < -0.39 is 0 Å². The summed E-state index contributed by atoms with van der Waals surface area (Å²) in [5.74, 6) is 0. The molecule has 4 aromatic rings. The van der Waals surface area contributed by atoms with Gasteiger partial charge in [0.2, 0.25) is 0 Å². The van der Waals surface area contributed by atoms with Gasteiger partial charge in [0.15, 0.2) is 5.65 Å². The van der Waals surface area contributed by atoms with Gasteiger partial charge in [0.25, 0.3) is 5.56 Å². The predicted molar refractivity (Wildman–Crippen MR) is 86.2 cm³/mol. The van der Waals surface area contributed by atoms with Crippen molar-refractivity contribution in [3.05, 3.63) is 63.9 Å². The van der Waals surface area contributed by atoms with Gasteiger partial charge in [0.05, 0.1) is 10.9 Å². The molecule has 108 valence electrons. The maximum absolute atomic E-state index is 12.6. The number of aryl methyl sites for hydroxylation is 1. The van der Waals surface area contributed by atoms with Crippen LogP contribution in [0.1, 0.15) is 0 Å². The minimum absolute atomic E-state index is 0.121. The molecule has 0 aliphatic carbocycles. The third-order valence-electron chi connectivity index (χ3n) is 3.73. The highest BCUT2D eigenvalue weighted by Crippen LogP contribution is 2.24. The summed E-state index contributed by atoms with van der Waals surface area (Å²) < 4.78 is 3.23. The zero-order valence-electron chi connectivity index (χ0n) is 11.7. The Hall–Kier alpha value is -2.66. The molecule has 0 bridgehead atoms. The van der Waals surface area contributed by atoms with E-state index in [0.717, 1.165) is 5.56 Å². The number of nitrogens with zero attached hydrogens (tertiary/aromatic N) is 4. The number of halogens is 1. The van der Waals surface area contributed by atoms with Crippen molar-refractivity contribution in [2.75, 3.05) is 0 Å². The van der Waals surface area contributed by atoms with E-state index in [1.807, 2.05) is 30.3 Å². The number of hydrogen-bond donors (Lipinski definition) is 0. The Kier molecular flexibility index (Phi) is 2.77. The van der Waals surface area contributed by atoms with E-state index in [9.17, 15) is 4.79 Å². The molecule has 5 nitrogen and oxygen atoms in total. The SMILES string of the molecule is Cn1c(=O)c2cc(Cl)ccc2n2nnc(-c3ccccc3)c12. The van der Waals surface area contributed by atoms with Gasteiger partial charge in [-0.05, 0) is 18.2 Å². The number of aromatic nitrogens is 4. The molecule has 0 aliphatic rings. The molecule has 0 fully saturated rings. The number of rotatable bonds is 1. The lowest BCUT2D eigenvalue weighted by Gasteiger charge is -2.07. The van der Waals surface area contributed by atoms with Gasteiger partial charge in [-0.2, -0.15) is 4.52 Å². The second-order valence-corrected chi connectivity index (χ2v) is 5.50. The molecule has 2 heterocycles. The van der Waals surface area contributed by atoms with E-state index in [0.29, 0.717) is 27.3 Å². The van der Waals surface area contributed by atoms with Gasteiger partial charge in [-0.3, -0.25) is 9.36 Å². The van der Waals surface area contributed by atoms with Crippen molar-refractivity contribution in [2.45, 2.75) is 0 Å². The zero-order chi connectivity index (χ0) is 15.3. The highest BCUT2D eigenvalue weighted by molar-refractivity contribution is 6.31. The van der Waals surface area contributed by atoms with Crippen LogP contribution in [0.25, 0.3) is 27.8 Å². The van der Waals surface area contributed by atoms with E-state index >= 15 is 0 Å². The second kappa shape index (κ2) is 4.68. The quantitative estimate of drug-likeness (QED) is 0.543. The summed E-state index contributed by atoms with van der Waals surface area (Å²) in [6.45, 7) is 0. The molecule has 22 heavy (non-hydrogen) atoms. The van der Waals surface area contributed by atoms with E-state index in [1.165, 1.54) is 0 Å². The maximum Gasteiger partial charge on any atom is 0.261 e. The predicted octanol–water partition coefficient (Wildman–Crippen LogP) is 2.90. The Bertz CT molecular complexity index is 1070. The maximum atomic E-state index is 12.6. The molecule has 0 aliphatic heterocycles. The summed E-state index contributed by atoms with van der Waals surface area (Å²) >= 11 is 6.00. The molecule has 0 radical (unpaired) electrons. The minimum Gasteiger partial charge on any atom is -0.294 e. The third kappa shape index (κ3) is 1.76. The zero-order valence-corrected chi connectivity index (χ0v) is 12.4. The summed E-state index contributed by atoms with van der Waals surface area (Å²) in [6, 6.07) is 14.9. The molecule has 6 heteroatoms. The minimum atomic E-state index is -0.121.